The van der Waals surface area contributed by atoms with Crippen molar-refractivity contribution < 1.29 is 4.79 Å². The van der Waals surface area contributed by atoms with E-state index < -0.39 is 0 Å². The lowest BCUT2D eigenvalue weighted by atomic mass is 10.1. The van der Waals surface area contributed by atoms with Crippen molar-refractivity contribution in [3.8, 4) is 0 Å². The molecular weight excluding hydrogens is 316 g/mol. The number of nitrogens with one attached hydrogen (secondary N) is 1. The van der Waals surface area contributed by atoms with Crippen molar-refractivity contribution in [3.63, 3.8) is 0 Å². The van der Waals surface area contributed by atoms with E-state index in [0.717, 1.165) is 36.1 Å². The van der Waals surface area contributed by atoms with Gasteiger partial charge in [0.15, 0.2) is 5.65 Å². The Morgan fingerprint density at radius 3 is 2.84 bits per heavy atom. The third kappa shape index (κ3) is 3.40. The number of hydrogen-bond acceptors (Lipinski definition) is 4. The van der Waals surface area contributed by atoms with Crippen LogP contribution in [0.5, 0.6) is 0 Å². The van der Waals surface area contributed by atoms with Crippen LogP contribution in [0.25, 0.3) is 11.0 Å². The molecule has 1 amide bonds. The molecule has 0 fully saturated rings. The Kier molecular flexibility index (Phi) is 4.83. The molecule has 0 saturated heterocycles. The minimum atomic E-state index is -0.169. The number of amides is 1. The van der Waals surface area contributed by atoms with E-state index in [2.05, 4.69) is 27.4 Å². The fourth-order valence-corrected chi connectivity index (χ4v) is 2.82. The molecule has 1 N–H and O–H groups in total. The van der Waals surface area contributed by atoms with Gasteiger partial charge in [0.25, 0.3) is 5.91 Å². The van der Waals surface area contributed by atoms with Crippen LogP contribution in [0.3, 0.4) is 0 Å². The first-order valence-corrected chi connectivity index (χ1v) is 8.69. The topological polar surface area (TPSA) is 77.6 Å². The lowest BCUT2D eigenvalue weighted by molar-refractivity contribution is 0.102. The largest absolute Gasteiger partial charge is 0.307 e. The van der Waals surface area contributed by atoms with Crippen molar-refractivity contribution in [1.82, 2.24) is 24.5 Å². The van der Waals surface area contributed by atoms with Gasteiger partial charge in [-0.25, -0.2) is 14.3 Å². The number of fused-ring (bicyclic) bond motifs is 1. The molecule has 0 radical (unpaired) electrons. The first-order chi connectivity index (χ1) is 12.0. The molecule has 7 nitrogen and oxygen atoms in total. The molecule has 3 aromatic heterocycles. The Hall–Kier alpha value is -2.70. The normalized spacial score (nSPS) is 11.4. The number of unbranched alkanes of at least 4 members (excludes halogenated alkanes) is 1. The maximum absolute atomic E-state index is 12.9. The zero-order chi connectivity index (χ0) is 18.0. The number of pyridine rings is 1. The van der Waals surface area contributed by atoms with Crippen LogP contribution in [0.2, 0.25) is 0 Å². The highest BCUT2D eigenvalue weighted by atomic mass is 16.1. The predicted octanol–water partition coefficient (Wildman–Crippen LogP) is 3.57. The van der Waals surface area contributed by atoms with E-state index in [4.69, 9.17) is 0 Å². The van der Waals surface area contributed by atoms with E-state index in [0.29, 0.717) is 11.4 Å². The van der Waals surface area contributed by atoms with Gasteiger partial charge in [-0.05, 0) is 33.3 Å². The quantitative estimate of drug-likeness (QED) is 0.744. The van der Waals surface area contributed by atoms with Crippen molar-refractivity contribution >= 4 is 22.8 Å². The van der Waals surface area contributed by atoms with Crippen LogP contribution in [-0.2, 0) is 6.54 Å². The summed E-state index contributed by atoms with van der Waals surface area (Å²) in [5.74, 6) is 0.536. The van der Waals surface area contributed by atoms with Gasteiger partial charge in [-0.2, -0.15) is 10.2 Å². The summed E-state index contributed by atoms with van der Waals surface area (Å²) in [4.78, 5) is 17.4. The minimum Gasteiger partial charge on any atom is -0.307 e. The summed E-state index contributed by atoms with van der Waals surface area (Å²) < 4.78 is 3.66. The minimum absolute atomic E-state index is 0.169. The molecule has 25 heavy (non-hydrogen) atoms. The van der Waals surface area contributed by atoms with Crippen LogP contribution in [0.1, 0.15) is 55.7 Å². The molecule has 0 aliphatic carbocycles. The van der Waals surface area contributed by atoms with E-state index in [-0.39, 0.29) is 11.9 Å². The number of aromatic nitrogens is 5. The van der Waals surface area contributed by atoms with Crippen molar-refractivity contribution in [2.75, 3.05) is 5.32 Å². The lowest BCUT2D eigenvalue weighted by Crippen LogP contribution is -2.17. The molecule has 132 valence electrons. The Morgan fingerprint density at radius 2 is 2.12 bits per heavy atom. The van der Waals surface area contributed by atoms with Crippen molar-refractivity contribution in [3.05, 3.63) is 35.8 Å². The van der Waals surface area contributed by atoms with Gasteiger partial charge in [0.05, 0.1) is 23.3 Å². The van der Waals surface area contributed by atoms with Gasteiger partial charge in [0, 0.05) is 24.3 Å². The first kappa shape index (κ1) is 17.1. The lowest BCUT2D eigenvalue weighted by Gasteiger charge is -2.11. The molecule has 3 heterocycles. The summed E-state index contributed by atoms with van der Waals surface area (Å²) in [7, 11) is 0. The average molecular weight is 340 g/mol. The number of aryl methyl sites for hydroxylation is 2. The highest BCUT2D eigenvalue weighted by Gasteiger charge is 2.18. The zero-order valence-electron chi connectivity index (χ0n) is 15.2. The molecule has 0 aromatic carbocycles. The average Bonchev–Trinajstić information content (AvgIpc) is 3.18. The first-order valence-electron chi connectivity index (χ1n) is 8.69. The standard InChI is InChI=1S/C18H24N6O/c1-5-6-9-23-16(7-8-19-23)22-18(25)14-10-13(4)21-17-15(14)11-20-24(17)12(2)3/h7-8,10-12H,5-6,9H2,1-4H3,(H,22,25). The van der Waals surface area contributed by atoms with Gasteiger partial charge in [0.2, 0.25) is 0 Å². The number of carbonyl (C=O) groups excluding carboxylic acids is 1. The molecule has 0 aliphatic rings. The number of hydrogen-bond donors (Lipinski definition) is 1. The third-order valence-electron chi connectivity index (χ3n) is 4.11. The van der Waals surface area contributed by atoms with E-state index in [9.17, 15) is 4.79 Å². The van der Waals surface area contributed by atoms with E-state index in [1.807, 2.05) is 36.2 Å². The molecule has 0 bridgehead atoms. The summed E-state index contributed by atoms with van der Waals surface area (Å²) in [6, 6.07) is 3.80. The van der Waals surface area contributed by atoms with Crippen LogP contribution < -0.4 is 5.32 Å². The Labute approximate surface area is 147 Å². The molecule has 0 unspecified atom stereocenters. The Morgan fingerprint density at radius 1 is 1.32 bits per heavy atom. The Balaban J connectivity index is 1.94. The van der Waals surface area contributed by atoms with Crippen molar-refractivity contribution in [1.29, 1.82) is 0 Å². The van der Waals surface area contributed by atoms with Gasteiger partial charge in [-0.15, -0.1) is 0 Å². The monoisotopic (exact) mass is 340 g/mol. The van der Waals surface area contributed by atoms with Crippen LogP contribution in [0, 0.1) is 6.92 Å². The fraction of sp³-hybridized carbons (Fsp3) is 0.444. The summed E-state index contributed by atoms with van der Waals surface area (Å²) in [6.07, 6.45) is 5.51. The second-order valence-corrected chi connectivity index (χ2v) is 6.48. The molecule has 0 atom stereocenters. The molecule has 7 heteroatoms. The van der Waals surface area contributed by atoms with Crippen molar-refractivity contribution in [2.24, 2.45) is 0 Å². The summed E-state index contributed by atoms with van der Waals surface area (Å²) >= 11 is 0. The van der Waals surface area contributed by atoms with Gasteiger partial charge in [0.1, 0.15) is 5.82 Å². The highest BCUT2D eigenvalue weighted by Crippen LogP contribution is 2.22. The number of anilines is 1. The smallest absolute Gasteiger partial charge is 0.257 e. The van der Waals surface area contributed by atoms with Crippen LogP contribution >= 0.6 is 0 Å². The van der Waals surface area contributed by atoms with Gasteiger partial charge in [-0.1, -0.05) is 13.3 Å². The number of rotatable bonds is 6. The molecule has 0 spiro atoms. The molecule has 0 saturated carbocycles. The summed E-state index contributed by atoms with van der Waals surface area (Å²) in [5, 5.41) is 12.4. The summed E-state index contributed by atoms with van der Waals surface area (Å²) in [6.45, 7) is 8.89. The SMILES string of the molecule is CCCCn1nccc1NC(=O)c1cc(C)nc2c1cnn2C(C)C. The molecular formula is C18H24N6O. The van der Waals surface area contributed by atoms with E-state index >= 15 is 0 Å². The zero-order valence-corrected chi connectivity index (χ0v) is 15.2. The number of carbonyl (C=O) groups is 1. The van der Waals surface area contributed by atoms with E-state index in [1.54, 1.807) is 18.5 Å². The maximum Gasteiger partial charge on any atom is 0.257 e. The predicted molar refractivity (Wildman–Crippen MR) is 97.7 cm³/mol. The van der Waals surface area contributed by atoms with Crippen LogP contribution in [0.15, 0.2) is 24.5 Å². The third-order valence-corrected chi connectivity index (χ3v) is 4.11. The van der Waals surface area contributed by atoms with E-state index in [1.165, 1.54) is 0 Å². The van der Waals surface area contributed by atoms with Gasteiger partial charge in [-0.3, -0.25) is 4.79 Å². The van der Waals surface area contributed by atoms with Crippen molar-refractivity contribution in [2.45, 2.75) is 53.1 Å². The molecule has 0 aliphatic heterocycles. The van der Waals surface area contributed by atoms with Gasteiger partial charge >= 0.3 is 0 Å². The van der Waals surface area contributed by atoms with Crippen LogP contribution in [-0.4, -0.2) is 30.5 Å². The highest BCUT2D eigenvalue weighted by molar-refractivity contribution is 6.11. The molecule has 3 aromatic rings. The number of nitrogens with zero attached hydrogens (tertiary/aromatic N) is 5. The molecule has 3 rings (SSSR count). The maximum atomic E-state index is 12.9. The van der Waals surface area contributed by atoms with Crippen LogP contribution in [0.4, 0.5) is 5.82 Å². The fourth-order valence-electron chi connectivity index (χ4n) is 2.82. The second-order valence-electron chi connectivity index (χ2n) is 6.48. The second kappa shape index (κ2) is 7.04. The summed E-state index contributed by atoms with van der Waals surface area (Å²) in [5.41, 5.74) is 2.11. The Bertz CT molecular complexity index is 892. The van der Waals surface area contributed by atoms with Gasteiger partial charge < -0.3 is 5.32 Å².